The molecule has 2 heterocycles. The molecule has 3 aromatic carbocycles. The predicted octanol–water partition coefficient (Wildman–Crippen LogP) is 6.26. The van der Waals surface area contributed by atoms with E-state index >= 15 is 0 Å². The van der Waals surface area contributed by atoms with Crippen molar-refractivity contribution in [3.63, 3.8) is 0 Å². The summed E-state index contributed by atoms with van der Waals surface area (Å²) in [6.07, 6.45) is 2.14. The molecule has 2 atom stereocenters. The van der Waals surface area contributed by atoms with Crippen molar-refractivity contribution in [3.8, 4) is 0 Å². The molecular weight excluding hydrogens is 488 g/mol. The second kappa shape index (κ2) is 11.1. The van der Waals surface area contributed by atoms with Crippen molar-refractivity contribution in [2.24, 2.45) is 0 Å². The molecule has 1 saturated heterocycles. The minimum absolute atomic E-state index is 0.0360. The van der Waals surface area contributed by atoms with E-state index in [0.29, 0.717) is 19.5 Å². The minimum Gasteiger partial charge on any atom is -0.444 e. The third kappa shape index (κ3) is 6.59. The molecule has 0 bridgehead atoms. The van der Waals surface area contributed by atoms with E-state index in [1.165, 1.54) is 0 Å². The average Bonchev–Trinajstić information content (AvgIpc) is 3.33. The van der Waals surface area contributed by atoms with Gasteiger partial charge >= 0.3 is 6.09 Å². The molecule has 1 aromatic heterocycles. The number of carbonyl (C=O) groups excluding carboxylic acids is 2. The van der Waals surface area contributed by atoms with Gasteiger partial charge in [-0.1, -0.05) is 54.6 Å². The number of ether oxygens (including phenoxy) is 1. The molecule has 2 amide bonds. The quantitative estimate of drug-likeness (QED) is 0.311. The number of benzene rings is 3. The van der Waals surface area contributed by atoms with Gasteiger partial charge in [-0.3, -0.25) is 4.79 Å². The average molecular weight is 527 g/mol. The van der Waals surface area contributed by atoms with Crippen LogP contribution in [-0.4, -0.2) is 51.6 Å². The Morgan fingerprint density at radius 1 is 1.10 bits per heavy atom. The van der Waals surface area contributed by atoms with Gasteiger partial charge in [-0.15, -0.1) is 0 Å². The van der Waals surface area contributed by atoms with Crippen LogP contribution in [0.25, 0.3) is 21.8 Å². The molecule has 0 saturated carbocycles. The summed E-state index contributed by atoms with van der Waals surface area (Å²) in [4.78, 5) is 36.6. The maximum absolute atomic E-state index is 13.6. The van der Waals surface area contributed by atoms with Crippen LogP contribution in [-0.2, 0) is 16.0 Å². The number of para-hydroxylation sites is 1. The van der Waals surface area contributed by atoms with Crippen LogP contribution in [0.3, 0.4) is 0 Å². The highest BCUT2D eigenvalue weighted by Gasteiger charge is 2.29. The number of imidazole rings is 1. The molecule has 0 radical (unpaired) electrons. The summed E-state index contributed by atoms with van der Waals surface area (Å²) < 4.78 is 5.53. The van der Waals surface area contributed by atoms with Crippen LogP contribution in [0.5, 0.6) is 0 Å². The zero-order valence-electron chi connectivity index (χ0n) is 23.3. The molecule has 0 unspecified atom stereocenters. The lowest BCUT2D eigenvalue weighted by Gasteiger charge is -2.33. The lowest BCUT2D eigenvalue weighted by Crippen LogP contribution is -2.45. The highest BCUT2D eigenvalue weighted by atomic mass is 16.6. The number of aryl methyl sites for hydroxylation is 1. The standard InChI is InChI=1S/C32H38N4O3/c1-21-9-7-13-27-29(21)35-30(34-27)25-12-8-16-36(20-25)28(37)19-26(33-31(38)39-32(2,3)4)18-22-14-15-23-10-5-6-11-24(23)17-22/h5-7,9-11,13-15,17,25-26H,8,12,16,18-20H2,1-4H3,(H,33,38)(H,34,35)/t25-,26-/m1/s1. The summed E-state index contributed by atoms with van der Waals surface area (Å²) >= 11 is 0. The van der Waals surface area contributed by atoms with Crippen molar-refractivity contribution < 1.29 is 14.3 Å². The number of rotatable bonds is 6. The van der Waals surface area contributed by atoms with Gasteiger partial charge in [0.1, 0.15) is 11.4 Å². The molecule has 204 valence electrons. The summed E-state index contributed by atoms with van der Waals surface area (Å²) in [6.45, 7) is 8.91. The van der Waals surface area contributed by atoms with E-state index in [2.05, 4.69) is 53.6 Å². The second-order valence-electron chi connectivity index (χ2n) is 11.7. The number of carbonyl (C=O) groups is 2. The normalized spacial score (nSPS) is 16.8. The first-order chi connectivity index (χ1) is 18.6. The van der Waals surface area contributed by atoms with Crippen molar-refractivity contribution >= 4 is 33.8 Å². The van der Waals surface area contributed by atoms with Gasteiger partial charge in [0, 0.05) is 31.5 Å². The number of aromatic amines is 1. The second-order valence-corrected chi connectivity index (χ2v) is 11.7. The molecule has 7 nitrogen and oxygen atoms in total. The first kappa shape index (κ1) is 26.7. The number of hydrogen-bond donors (Lipinski definition) is 2. The number of piperidine rings is 1. The fourth-order valence-corrected chi connectivity index (χ4v) is 5.45. The number of nitrogens with zero attached hydrogens (tertiary/aromatic N) is 2. The Hall–Kier alpha value is -3.87. The minimum atomic E-state index is -0.618. The summed E-state index contributed by atoms with van der Waals surface area (Å²) in [5.41, 5.74) is 3.62. The van der Waals surface area contributed by atoms with Crippen molar-refractivity contribution in [1.29, 1.82) is 0 Å². The molecular formula is C32H38N4O3. The van der Waals surface area contributed by atoms with Crippen molar-refractivity contribution in [2.45, 2.75) is 70.9 Å². The zero-order valence-corrected chi connectivity index (χ0v) is 23.3. The number of nitrogens with one attached hydrogen (secondary N) is 2. The maximum Gasteiger partial charge on any atom is 0.407 e. The van der Waals surface area contributed by atoms with Crippen LogP contribution in [0.4, 0.5) is 4.79 Å². The Morgan fingerprint density at radius 2 is 1.90 bits per heavy atom. The van der Waals surface area contributed by atoms with Gasteiger partial charge in [0.15, 0.2) is 0 Å². The van der Waals surface area contributed by atoms with Crippen molar-refractivity contribution in [3.05, 3.63) is 77.6 Å². The van der Waals surface area contributed by atoms with Gasteiger partial charge in [0.2, 0.25) is 5.91 Å². The number of amides is 2. The number of aromatic nitrogens is 2. The number of H-pyrrole nitrogens is 1. The molecule has 0 spiro atoms. The van der Waals surface area contributed by atoms with Crippen LogP contribution in [0.15, 0.2) is 60.7 Å². The summed E-state index contributed by atoms with van der Waals surface area (Å²) in [7, 11) is 0. The molecule has 1 aliphatic rings. The Balaban J connectivity index is 1.30. The number of hydrogen-bond acceptors (Lipinski definition) is 4. The smallest absolute Gasteiger partial charge is 0.407 e. The van der Waals surface area contributed by atoms with Gasteiger partial charge in [-0.2, -0.15) is 0 Å². The highest BCUT2D eigenvalue weighted by Crippen LogP contribution is 2.28. The van der Waals surface area contributed by atoms with E-state index < -0.39 is 11.7 Å². The monoisotopic (exact) mass is 526 g/mol. The van der Waals surface area contributed by atoms with Crippen LogP contribution >= 0.6 is 0 Å². The lowest BCUT2D eigenvalue weighted by atomic mass is 9.95. The molecule has 39 heavy (non-hydrogen) atoms. The maximum atomic E-state index is 13.6. The van der Waals surface area contributed by atoms with E-state index in [9.17, 15) is 9.59 Å². The van der Waals surface area contributed by atoms with Gasteiger partial charge < -0.3 is 19.9 Å². The first-order valence-electron chi connectivity index (χ1n) is 13.8. The van der Waals surface area contributed by atoms with Gasteiger partial charge in [0.05, 0.1) is 11.0 Å². The summed E-state index contributed by atoms with van der Waals surface area (Å²) in [6, 6.07) is 20.2. The zero-order chi connectivity index (χ0) is 27.6. The SMILES string of the molecule is Cc1cccc2[nH]c([C@@H]3CCCN(C(=O)C[C@@H](Cc4ccc5ccccc5c4)NC(=O)OC(C)(C)C)C3)nc12. The van der Waals surface area contributed by atoms with Crippen LogP contribution in [0.1, 0.15) is 62.9 Å². The van der Waals surface area contributed by atoms with Gasteiger partial charge in [-0.25, -0.2) is 9.78 Å². The molecule has 1 fully saturated rings. The Morgan fingerprint density at radius 3 is 2.67 bits per heavy atom. The molecule has 2 N–H and O–H groups in total. The van der Waals surface area contributed by atoms with E-state index in [1.807, 2.05) is 49.9 Å². The van der Waals surface area contributed by atoms with Crippen molar-refractivity contribution in [2.75, 3.05) is 13.1 Å². The van der Waals surface area contributed by atoms with Crippen LogP contribution in [0, 0.1) is 6.92 Å². The van der Waals surface area contributed by atoms with Gasteiger partial charge in [0.25, 0.3) is 0 Å². The molecule has 0 aliphatic carbocycles. The van der Waals surface area contributed by atoms with E-state index in [4.69, 9.17) is 9.72 Å². The highest BCUT2D eigenvalue weighted by molar-refractivity contribution is 5.83. The van der Waals surface area contributed by atoms with Crippen molar-refractivity contribution in [1.82, 2.24) is 20.2 Å². The third-order valence-electron chi connectivity index (χ3n) is 7.33. The first-order valence-corrected chi connectivity index (χ1v) is 13.8. The fraction of sp³-hybridized carbons (Fsp3) is 0.406. The van der Waals surface area contributed by atoms with E-state index in [0.717, 1.165) is 51.6 Å². The third-order valence-corrected chi connectivity index (χ3v) is 7.33. The fourth-order valence-electron chi connectivity index (χ4n) is 5.45. The summed E-state index contributed by atoms with van der Waals surface area (Å²) in [5.74, 6) is 1.14. The number of alkyl carbamates (subject to hydrolysis) is 1. The Bertz CT molecular complexity index is 1490. The van der Waals surface area contributed by atoms with Crippen LogP contribution < -0.4 is 5.32 Å². The molecule has 1 aliphatic heterocycles. The summed E-state index contributed by atoms with van der Waals surface area (Å²) in [5, 5.41) is 5.28. The van der Waals surface area contributed by atoms with E-state index in [-0.39, 0.29) is 24.3 Å². The molecule has 5 rings (SSSR count). The van der Waals surface area contributed by atoms with Gasteiger partial charge in [-0.05, 0) is 74.9 Å². The number of fused-ring (bicyclic) bond motifs is 2. The topological polar surface area (TPSA) is 87.3 Å². The number of likely N-dealkylation sites (tertiary alicyclic amines) is 1. The predicted molar refractivity (Wildman–Crippen MR) is 155 cm³/mol. The Labute approximate surface area is 229 Å². The molecule has 4 aromatic rings. The van der Waals surface area contributed by atoms with E-state index in [1.54, 1.807) is 0 Å². The largest absolute Gasteiger partial charge is 0.444 e. The molecule has 7 heteroatoms. The lowest BCUT2D eigenvalue weighted by molar-refractivity contribution is -0.132. The van der Waals surface area contributed by atoms with Crippen LogP contribution in [0.2, 0.25) is 0 Å². The Kier molecular flexibility index (Phi) is 7.60.